The van der Waals surface area contributed by atoms with Crippen LogP contribution in [-0.2, 0) is 14.4 Å². The van der Waals surface area contributed by atoms with Crippen LogP contribution < -0.4 is 10.2 Å². The molecule has 0 bridgehead atoms. The van der Waals surface area contributed by atoms with Crippen molar-refractivity contribution in [3.8, 4) is 17.2 Å². The average Bonchev–Trinajstić information content (AvgIpc) is 3.87. The highest BCUT2D eigenvalue weighted by Gasteiger charge is 2.52. The van der Waals surface area contributed by atoms with Gasteiger partial charge in [0, 0.05) is 57.6 Å². The first-order valence-electron chi connectivity index (χ1n) is 18.9. The van der Waals surface area contributed by atoms with Gasteiger partial charge in [0.1, 0.15) is 16.9 Å². The largest absolute Gasteiger partial charge is 0.369 e. The minimum absolute atomic E-state index is 0.194. The normalized spacial score (nSPS) is 19.8. The molecule has 1 atom stereocenters. The monoisotopic (exact) mass is 744 g/mol. The number of nitriles is 1. The number of piperidine rings is 2. The lowest BCUT2D eigenvalue weighted by Gasteiger charge is -2.34. The number of rotatable bonds is 7. The van der Waals surface area contributed by atoms with E-state index in [4.69, 9.17) is 0 Å². The fraction of sp³-hybridized carbons (Fsp3) is 0.372. The van der Waals surface area contributed by atoms with Crippen molar-refractivity contribution >= 4 is 45.8 Å². The second kappa shape index (κ2) is 14.1. The SMILES string of the molecule is CN(C)C(=O)c1cc2c(-c3ccc(C4CCN(c5ccc(C6CCC(=O)NC6=O)cc5F)CC4)cc3)cc(C3=CCCN(C(=O)C4(C#N)CC4)C3)c(F)c2[nH]1. The predicted molar refractivity (Wildman–Crippen MR) is 204 cm³/mol. The lowest BCUT2D eigenvalue weighted by molar-refractivity contribution is -0.135. The molecule has 4 heterocycles. The molecule has 0 spiro atoms. The summed E-state index contributed by atoms with van der Waals surface area (Å²) in [4.78, 5) is 58.3. The van der Waals surface area contributed by atoms with Crippen LogP contribution in [0.15, 0.2) is 60.7 Å². The number of anilines is 1. The summed E-state index contributed by atoms with van der Waals surface area (Å²) in [6, 6.07) is 18.8. The molecule has 4 aromatic rings. The first kappa shape index (κ1) is 36.2. The van der Waals surface area contributed by atoms with Gasteiger partial charge in [0.25, 0.3) is 5.91 Å². The van der Waals surface area contributed by atoms with Gasteiger partial charge in [-0.3, -0.25) is 24.5 Å². The van der Waals surface area contributed by atoms with Crippen LogP contribution >= 0.6 is 0 Å². The molecule has 3 aliphatic heterocycles. The minimum atomic E-state index is -0.962. The maximum Gasteiger partial charge on any atom is 0.269 e. The highest BCUT2D eigenvalue weighted by atomic mass is 19.1. The second-order valence-electron chi connectivity index (χ2n) is 15.5. The fourth-order valence-electron chi connectivity index (χ4n) is 8.40. The van der Waals surface area contributed by atoms with E-state index in [1.807, 2.05) is 23.1 Å². The number of aromatic amines is 1. The van der Waals surface area contributed by atoms with Crippen molar-refractivity contribution in [3.05, 3.63) is 94.7 Å². The molecule has 8 rings (SSSR count). The molecule has 1 aromatic heterocycles. The van der Waals surface area contributed by atoms with E-state index in [1.54, 1.807) is 43.3 Å². The number of nitrogens with zero attached hydrogens (tertiary/aromatic N) is 4. The van der Waals surface area contributed by atoms with Crippen molar-refractivity contribution in [2.24, 2.45) is 5.41 Å². The summed E-state index contributed by atoms with van der Waals surface area (Å²) in [5.74, 6) is -2.34. The minimum Gasteiger partial charge on any atom is -0.369 e. The van der Waals surface area contributed by atoms with Crippen LogP contribution in [0, 0.1) is 28.4 Å². The van der Waals surface area contributed by atoms with E-state index in [1.165, 1.54) is 11.0 Å². The lowest BCUT2D eigenvalue weighted by Crippen LogP contribution is -2.40. The summed E-state index contributed by atoms with van der Waals surface area (Å²) in [7, 11) is 3.28. The molecule has 0 radical (unpaired) electrons. The van der Waals surface area contributed by atoms with E-state index in [2.05, 4.69) is 28.5 Å². The average molecular weight is 745 g/mol. The van der Waals surface area contributed by atoms with Crippen molar-refractivity contribution in [2.45, 2.75) is 56.8 Å². The van der Waals surface area contributed by atoms with Crippen LogP contribution in [0.25, 0.3) is 27.6 Å². The second-order valence-corrected chi connectivity index (χ2v) is 15.5. The van der Waals surface area contributed by atoms with Gasteiger partial charge < -0.3 is 19.7 Å². The van der Waals surface area contributed by atoms with E-state index in [-0.39, 0.29) is 59.5 Å². The number of hydrogen-bond donors (Lipinski definition) is 2. The van der Waals surface area contributed by atoms with Crippen LogP contribution in [-0.4, -0.2) is 78.7 Å². The third kappa shape index (κ3) is 6.66. The molecule has 3 fully saturated rings. The molecule has 2 N–H and O–H groups in total. The number of carbonyl (C=O) groups excluding carboxylic acids is 4. The molecule has 10 nitrogen and oxygen atoms in total. The number of halogens is 2. The highest BCUT2D eigenvalue weighted by Crippen LogP contribution is 2.47. The molecule has 4 amide bonds. The van der Waals surface area contributed by atoms with Crippen molar-refractivity contribution < 1.29 is 28.0 Å². The van der Waals surface area contributed by atoms with Crippen LogP contribution in [0.1, 0.15) is 84.0 Å². The van der Waals surface area contributed by atoms with Crippen molar-refractivity contribution in [2.75, 3.05) is 45.2 Å². The smallest absolute Gasteiger partial charge is 0.269 e. The Kier molecular flexibility index (Phi) is 9.27. The van der Waals surface area contributed by atoms with Gasteiger partial charge in [0.05, 0.1) is 23.2 Å². The maximum absolute atomic E-state index is 16.5. The van der Waals surface area contributed by atoms with Gasteiger partial charge in [-0.1, -0.05) is 36.4 Å². The third-order valence-corrected chi connectivity index (χ3v) is 11.8. The molecule has 1 saturated carbocycles. The zero-order chi connectivity index (χ0) is 38.6. The van der Waals surface area contributed by atoms with E-state index in [9.17, 15) is 24.4 Å². The molecule has 1 unspecified atom stereocenters. The van der Waals surface area contributed by atoms with Gasteiger partial charge in [-0.2, -0.15) is 5.26 Å². The molecule has 3 aromatic carbocycles. The third-order valence-electron chi connectivity index (χ3n) is 11.8. The fourth-order valence-corrected chi connectivity index (χ4v) is 8.40. The number of hydrogen-bond acceptors (Lipinski definition) is 6. The van der Waals surface area contributed by atoms with Gasteiger partial charge in [-0.15, -0.1) is 0 Å². The number of H-pyrrole nitrogens is 1. The summed E-state index contributed by atoms with van der Waals surface area (Å²) in [6.45, 7) is 1.97. The van der Waals surface area contributed by atoms with Crippen LogP contribution in [0.5, 0.6) is 0 Å². The predicted octanol–water partition coefficient (Wildman–Crippen LogP) is 6.64. The Bertz CT molecular complexity index is 2310. The Labute approximate surface area is 317 Å². The van der Waals surface area contributed by atoms with Gasteiger partial charge in [0.2, 0.25) is 17.7 Å². The number of fused-ring (bicyclic) bond motifs is 1. The Morgan fingerprint density at radius 2 is 1.65 bits per heavy atom. The van der Waals surface area contributed by atoms with Gasteiger partial charge in [-0.05, 0) is 96.5 Å². The van der Waals surface area contributed by atoms with Gasteiger partial charge >= 0.3 is 0 Å². The Morgan fingerprint density at radius 3 is 2.31 bits per heavy atom. The summed E-state index contributed by atoms with van der Waals surface area (Å²) in [5.41, 5.74) is 4.33. The quantitative estimate of drug-likeness (QED) is 0.204. The van der Waals surface area contributed by atoms with Crippen LogP contribution in [0.3, 0.4) is 0 Å². The Hall–Kier alpha value is -5.83. The zero-order valence-corrected chi connectivity index (χ0v) is 30.9. The first-order chi connectivity index (χ1) is 26.5. The summed E-state index contributed by atoms with van der Waals surface area (Å²) < 4.78 is 31.9. The summed E-state index contributed by atoms with van der Waals surface area (Å²) in [6.07, 6.45) is 5.80. The highest BCUT2D eigenvalue weighted by molar-refractivity contribution is 6.05. The maximum atomic E-state index is 16.5. The number of amides is 4. The lowest BCUT2D eigenvalue weighted by atomic mass is 9.87. The number of benzene rings is 3. The van der Waals surface area contributed by atoms with Crippen LogP contribution in [0.2, 0.25) is 0 Å². The molecular weight excluding hydrogens is 703 g/mol. The van der Waals surface area contributed by atoms with Crippen molar-refractivity contribution in [1.29, 1.82) is 5.26 Å². The Balaban J connectivity index is 1.03. The van der Waals surface area contributed by atoms with Gasteiger partial charge in [-0.25, -0.2) is 8.78 Å². The van der Waals surface area contributed by atoms with Crippen molar-refractivity contribution in [1.82, 2.24) is 20.1 Å². The molecule has 55 heavy (non-hydrogen) atoms. The number of aromatic nitrogens is 1. The van der Waals surface area contributed by atoms with Crippen molar-refractivity contribution in [3.63, 3.8) is 0 Å². The summed E-state index contributed by atoms with van der Waals surface area (Å²) >= 11 is 0. The summed E-state index contributed by atoms with van der Waals surface area (Å²) in [5, 5.41) is 12.6. The Morgan fingerprint density at radius 1 is 0.927 bits per heavy atom. The topological polar surface area (TPSA) is 130 Å². The van der Waals surface area contributed by atoms with Gasteiger partial charge in [0.15, 0.2) is 5.82 Å². The van der Waals surface area contributed by atoms with E-state index >= 15 is 8.78 Å². The molecule has 1 aliphatic carbocycles. The number of nitrogens with one attached hydrogen (secondary N) is 2. The molecule has 2 saturated heterocycles. The first-order valence-corrected chi connectivity index (χ1v) is 18.9. The number of carbonyl (C=O) groups is 4. The molecule has 12 heteroatoms. The van der Waals surface area contributed by atoms with E-state index in [0.29, 0.717) is 73.1 Å². The molecule has 282 valence electrons. The zero-order valence-electron chi connectivity index (χ0n) is 30.9. The van der Waals surface area contributed by atoms with E-state index in [0.717, 1.165) is 29.5 Å². The molecular formula is C43H42F2N6O4. The molecule has 4 aliphatic rings. The van der Waals surface area contributed by atoms with E-state index < -0.39 is 17.2 Å². The standard InChI is InChI=1S/C43H42F2N6O4/c1-49(2)41(54)35-22-33-31(21-32(38(45)39(33)47-35)29-4-3-17-51(23-29)42(55)43(24-46)15-16-43)27-7-5-25(6-8-27)26-13-18-50(19-14-26)36-11-9-28(20-34(36)44)30-10-12-37(52)48-40(30)53/h4-9,11,20-22,26,30,47H,3,10,12-19,23H2,1-2H3,(H,48,52,53). The van der Waals surface area contributed by atoms with Crippen LogP contribution in [0.4, 0.5) is 14.5 Å². The number of imide groups is 1.